The summed E-state index contributed by atoms with van der Waals surface area (Å²) >= 11 is 0. The Morgan fingerprint density at radius 1 is 1.33 bits per heavy atom. The third kappa shape index (κ3) is 1.59. The molecular weight excluding hydrogens is 162 g/mol. The van der Waals surface area contributed by atoms with Gasteiger partial charge in [-0.1, -0.05) is 0 Å². The summed E-state index contributed by atoms with van der Waals surface area (Å²) in [6.07, 6.45) is 2.19. The van der Waals surface area contributed by atoms with E-state index < -0.39 is 5.92 Å². The lowest BCUT2D eigenvalue weighted by Gasteiger charge is -2.45. The number of rotatable bonds is 1. The second-order valence-corrected chi connectivity index (χ2v) is 3.76. The third-order valence-electron chi connectivity index (χ3n) is 2.66. The highest BCUT2D eigenvalue weighted by molar-refractivity contribution is 4.93. The fourth-order valence-corrected chi connectivity index (χ4v) is 1.95. The maximum Gasteiger partial charge on any atom is 0.272 e. The summed E-state index contributed by atoms with van der Waals surface area (Å²) in [7, 11) is 0. The van der Waals surface area contributed by atoms with Gasteiger partial charge in [0.2, 0.25) is 0 Å². The first-order valence-corrected chi connectivity index (χ1v) is 4.50. The molecule has 0 aromatic carbocycles. The zero-order valence-corrected chi connectivity index (χ0v) is 7.02. The molecule has 0 radical (unpaired) electrons. The zero-order chi connectivity index (χ0) is 8.60. The van der Waals surface area contributed by atoms with Crippen LogP contribution in [0.25, 0.3) is 0 Å². The molecule has 2 aliphatic heterocycles. The molecule has 1 unspecified atom stereocenters. The number of likely N-dealkylation sites (tertiary alicyclic amines) is 1. The molecule has 0 aromatic rings. The summed E-state index contributed by atoms with van der Waals surface area (Å²) in [4.78, 5) is 1.88. The van der Waals surface area contributed by atoms with E-state index in [-0.39, 0.29) is 13.1 Å². The van der Waals surface area contributed by atoms with Gasteiger partial charge in [0.05, 0.1) is 13.1 Å². The van der Waals surface area contributed by atoms with Gasteiger partial charge in [-0.3, -0.25) is 4.90 Å². The maximum absolute atomic E-state index is 12.5. The Hall–Kier alpha value is -0.220. The minimum Gasteiger partial charge on any atom is -0.315 e. The van der Waals surface area contributed by atoms with Gasteiger partial charge >= 0.3 is 0 Å². The van der Waals surface area contributed by atoms with Gasteiger partial charge in [-0.05, 0) is 19.4 Å². The Balaban J connectivity index is 1.79. The van der Waals surface area contributed by atoms with Gasteiger partial charge in [0.15, 0.2) is 0 Å². The zero-order valence-electron chi connectivity index (χ0n) is 7.02. The molecule has 2 rings (SSSR count). The van der Waals surface area contributed by atoms with E-state index in [1.165, 1.54) is 0 Å². The van der Waals surface area contributed by atoms with Crippen LogP contribution in [-0.2, 0) is 0 Å². The van der Waals surface area contributed by atoms with Crippen molar-refractivity contribution in [2.45, 2.75) is 24.8 Å². The van der Waals surface area contributed by atoms with Crippen LogP contribution in [0.1, 0.15) is 12.8 Å². The number of nitrogens with one attached hydrogen (secondary N) is 1. The molecule has 0 aromatic heterocycles. The van der Waals surface area contributed by atoms with E-state index in [9.17, 15) is 8.78 Å². The molecule has 2 fully saturated rings. The molecule has 2 nitrogen and oxygen atoms in total. The van der Waals surface area contributed by atoms with E-state index in [4.69, 9.17) is 0 Å². The van der Waals surface area contributed by atoms with Crippen molar-refractivity contribution in [2.75, 3.05) is 26.2 Å². The Labute approximate surface area is 70.9 Å². The van der Waals surface area contributed by atoms with Crippen LogP contribution in [0.5, 0.6) is 0 Å². The van der Waals surface area contributed by atoms with Crippen molar-refractivity contribution in [3.05, 3.63) is 0 Å². The van der Waals surface area contributed by atoms with Crippen LogP contribution in [0.15, 0.2) is 0 Å². The van der Waals surface area contributed by atoms with Gasteiger partial charge in [0, 0.05) is 12.6 Å². The predicted octanol–water partition coefficient (Wildman–Crippen LogP) is 0.689. The third-order valence-corrected chi connectivity index (χ3v) is 2.66. The standard InChI is InChI=1S/C8H14F2N2/c9-8(10)5-12(6-8)7-2-1-3-11-4-7/h7,11H,1-6H2. The number of alkyl halides is 2. The average molecular weight is 176 g/mol. The number of nitrogens with zero attached hydrogens (tertiary/aromatic N) is 1. The fourth-order valence-electron chi connectivity index (χ4n) is 1.95. The molecule has 12 heavy (non-hydrogen) atoms. The Morgan fingerprint density at radius 2 is 2.08 bits per heavy atom. The Morgan fingerprint density at radius 3 is 2.58 bits per heavy atom. The van der Waals surface area contributed by atoms with Crippen molar-refractivity contribution < 1.29 is 8.78 Å². The van der Waals surface area contributed by atoms with Crippen LogP contribution in [0.4, 0.5) is 8.78 Å². The SMILES string of the molecule is FC1(F)CN(C2CCCNC2)C1. The van der Waals surface area contributed by atoms with E-state index in [0.717, 1.165) is 25.9 Å². The summed E-state index contributed by atoms with van der Waals surface area (Å²) in [5.41, 5.74) is 0. The van der Waals surface area contributed by atoms with Crippen molar-refractivity contribution in [3.8, 4) is 0 Å². The first-order chi connectivity index (χ1) is 5.67. The first kappa shape index (κ1) is 8.38. The molecule has 0 amide bonds. The van der Waals surface area contributed by atoms with Crippen molar-refractivity contribution in [1.29, 1.82) is 0 Å². The lowest BCUT2D eigenvalue weighted by Crippen LogP contribution is -2.62. The van der Waals surface area contributed by atoms with Crippen molar-refractivity contribution in [3.63, 3.8) is 0 Å². The molecule has 2 aliphatic rings. The smallest absolute Gasteiger partial charge is 0.272 e. The van der Waals surface area contributed by atoms with Gasteiger partial charge in [-0.15, -0.1) is 0 Å². The minimum absolute atomic E-state index is 0.0284. The highest BCUT2D eigenvalue weighted by Crippen LogP contribution is 2.29. The van der Waals surface area contributed by atoms with Gasteiger partial charge < -0.3 is 5.32 Å². The highest BCUT2D eigenvalue weighted by Gasteiger charge is 2.46. The molecular formula is C8H14F2N2. The molecule has 2 saturated heterocycles. The lowest BCUT2D eigenvalue weighted by molar-refractivity contribution is -0.147. The summed E-state index contributed by atoms with van der Waals surface area (Å²) in [6, 6.07) is 0.360. The first-order valence-electron chi connectivity index (χ1n) is 4.50. The average Bonchev–Trinajstić information content (AvgIpc) is 2.02. The van der Waals surface area contributed by atoms with E-state index in [0.29, 0.717) is 6.04 Å². The van der Waals surface area contributed by atoms with Crippen molar-refractivity contribution >= 4 is 0 Å². The van der Waals surface area contributed by atoms with E-state index >= 15 is 0 Å². The van der Waals surface area contributed by atoms with Crippen molar-refractivity contribution in [2.24, 2.45) is 0 Å². The van der Waals surface area contributed by atoms with Gasteiger partial charge in [-0.2, -0.15) is 0 Å². The van der Waals surface area contributed by atoms with Crippen LogP contribution < -0.4 is 5.32 Å². The van der Waals surface area contributed by atoms with Crippen molar-refractivity contribution in [1.82, 2.24) is 10.2 Å². The number of halogens is 2. The molecule has 70 valence electrons. The topological polar surface area (TPSA) is 15.3 Å². The largest absolute Gasteiger partial charge is 0.315 e. The summed E-state index contributed by atoms with van der Waals surface area (Å²) in [5, 5.41) is 3.22. The van der Waals surface area contributed by atoms with Crippen LogP contribution in [0.3, 0.4) is 0 Å². The quantitative estimate of drug-likeness (QED) is 0.632. The number of piperidine rings is 1. The van der Waals surface area contributed by atoms with E-state index in [1.807, 2.05) is 4.90 Å². The highest BCUT2D eigenvalue weighted by atomic mass is 19.3. The summed E-state index contributed by atoms with van der Waals surface area (Å²) < 4.78 is 25.0. The Kier molecular flexibility index (Phi) is 2.04. The molecule has 0 spiro atoms. The van der Waals surface area contributed by atoms with Crippen LogP contribution in [-0.4, -0.2) is 43.0 Å². The minimum atomic E-state index is -2.41. The molecule has 2 heterocycles. The molecule has 0 aliphatic carbocycles. The lowest BCUT2D eigenvalue weighted by atomic mass is 10.0. The van der Waals surface area contributed by atoms with Gasteiger partial charge in [0.1, 0.15) is 0 Å². The maximum atomic E-state index is 12.5. The van der Waals surface area contributed by atoms with Gasteiger partial charge in [-0.25, -0.2) is 8.78 Å². The van der Waals surface area contributed by atoms with Crippen LogP contribution in [0, 0.1) is 0 Å². The normalized spacial score (nSPS) is 36.0. The van der Waals surface area contributed by atoms with E-state index in [1.54, 1.807) is 0 Å². The molecule has 1 N–H and O–H groups in total. The Bertz CT molecular complexity index is 158. The second-order valence-electron chi connectivity index (χ2n) is 3.76. The molecule has 4 heteroatoms. The molecule has 0 bridgehead atoms. The summed E-state index contributed by atoms with van der Waals surface area (Å²) in [5.74, 6) is -2.41. The van der Waals surface area contributed by atoms with E-state index in [2.05, 4.69) is 5.32 Å². The number of hydrogen-bond donors (Lipinski definition) is 1. The van der Waals surface area contributed by atoms with Crippen LogP contribution in [0.2, 0.25) is 0 Å². The summed E-state index contributed by atoms with van der Waals surface area (Å²) in [6.45, 7) is 1.87. The molecule has 0 saturated carbocycles. The van der Waals surface area contributed by atoms with Gasteiger partial charge in [0.25, 0.3) is 5.92 Å². The second kappa shape index (κ2) is 2.92. The monoisotopic (exact) mass is 176 g/mol. The molecule has 1 atom stereocenters. The fraction of sp³-hybridized carbons (Fsp3) is 1.00. The number of hydrogen-bond acceptors (Lipinski definition) is 2. The van der Waals surface area contributed by atoms with Crippen LogP contribution >= 0.6 is 0 Å². The predicted molar refractivity (Wildman–Crippen MR) is 42.4 cm³/mol.